The van der Waals surface area contributed by atoms with Gasteiger partial charge in [-0.05, 0) is 26.0 Å². The first-order valence-corrected chi connectivity index (χ1v) is 8.70. The SMILES string of the molecule is Cc1cccc(-c2nnc(COC(=O)c3c(-c4ccccc4)noc3C)o2)c1. The number of hydrogen-bond donors (Lipinski definition) is 0. The topological polar surface area (TPSA) is 91.2 Å². The number of nitrogens with zero attached hydrogens (tertiary/aromatic N) is 3. The number of esters is 1. The van der Waals surface area contributed by atoms with Crippen molar-refractivity contribution in [1.82, 2.24) is 15.4 Å². The van der Waals surface area contributed by atoms with E-state index in [0.29, 0.717) is 17.3 Å². The Bertz CT molecular complexity index is 1120. The molecule has 7 nitrogen and oxygen atoms in total. The Hall–Kier alpha value is -3.74. The Morgan fingerprint density at radius 3 is 2.57 bits per heavy atom. The van der Waals surface area contributed by atoms with Crippen molar-refractivity contribution in [3.63, 3.8) is 0 Å². The molecule has 7 heteroatoms. The number of hydrogen-bond acceptors (Lipinski definition) is 7. The predicted octanol–water partition coefficient (Wildman–Crippen LogP) is 4.37. The molecule has 0 unspecified atom stereocenters. The molecular weight excluding hydrogens is 358 g/mol. The van der Waals surface area contributed by atoms with Crippen LogP contribution >= 0.6 is 0 Å². The van der Waals surface area contributed by atoms with Gasteiger partial charge in [0.25, 0.3) is 5.89 Å². The van der Waals surface area contributed by atoms with Gasteiger partial charge < -0.3 is 13.7 Å². The maximum absolute atomic E-state index is 12.6. The van der Waals surface area contributed by atoms with Crippen LogP contribution in [0.25, 0.3) is 22.7 Å². The van der Waals surface area contributed by atoms with E-state index in [1.54, 1.807) is 6.92 Å². The van der Waals surface area contributed by atoms with E-state index in [-0.39, 0.29) is 18.1 Å². The van der Waals surface area contributed by atoms with Crippen LogP contribution in [0, 0.1) is 13.8 Å². The van der Waals surface area contributed by atoms with E-state index >= 15 is 0 Å². The Kier molecular flexibility index (Phi) is 4.72. The molecule has 2 aromatic carbocycles. The number of benzene rings is 2. The lowest BCUT2D eigenvalue weighted by Gasteiger charge is -2.03. The summed E-state index contributed by atoms with van der Waals surface area (Å²) >= 11 is 0. The lowest BCUT2D eigenvalue weighted by Crippen LogP contribution is -2.07. The molecule has 0 aliphatic carbocycles. The summed E-state index contributed by atoms with van der Waals surface area (Å²) < 4.78 is 16.1. The van der Waals surface area contributed by atoms with Crippen LogP contribution in [-0.2, 0) is 11.3 Å². The summed E-state index contributed by atoms with van der Waals surface area (Å²) in [5.41, 5.74) is 3.39. The van der Waals surface area contributed by atoms with Crippen molar-refractivity contribution in [1.29, 1.82) is 0 Å². The molecular formula is C21H17N3O4. The van der Waals surface area contributed by atoms with E-state index in [0.717, 1.165) is 16.7 Å². The Labute approximate surface area is 161 Å². The molecule has 0 atom stereocenters. The normalized spacial score (nSPS) is 10.8. The first-order chi connectivity index (χ1) is 13.6. The highest BCUT2D eigenvalue weighted by Gasteiger charge is 2.23. The lowest BCUT2D eigenvalue weighted by atomic mass is 10.1. The quantitative estimate of drug-likeness (QED) is 0.478. The maximum atomic E-state index is 12.6. The van der Waals surface area contributed by atoms with Gasteiger partial charge in [0.15, 0.2) is 6.61 Å². The van der Waals surface area contributed by atoms with Crippen molar-refractivity contribution >= 4 is 5.97 Å². The summed E-state index contributed by atoms with van der Waals surface area (Å²) in [5.74, 6) is 0.406. The van der Waals surface area contributed by atoms with Crippen LogP contribution in [0.4, 0.5) is 0 Å². The highest BCUT2D eigenvalue weighted by atomic mass is 16.5. The molecule has 2 aromatic heterocycles. The van der Waals surface area contributed by atoms with Crippen molar-refractivity contribution in [3.05, 3.63) is 77.4 Å². The zero-order valence-electron chi connectivity index (χ0n) is 15.4. The molecule has 28 heavy (non-hydrogen) atoms. The monoisotopic (exact) mass is 375 g/mol. The average molecular weight is 375 g/mol. The van der Waals surface area contributed by atoms with E-state index in [9.17, 15) is 4.79 Å². The number of carbonyl (C=O) groups is 1. The highest BCUT2D eigenvalue weighted by Crippen LogP contribution is 2.26. The Morgan fingerprint density at radius 2 is 1.79 bits per heavy atom. The molecule has 0 fully saturated rings. The van der Waals surface area contributed by atoms with E-state index < -0.39 is 5.97 Å². The van der Waals surface area contributed by atoms with Crippen LogP contribution in [-0.4, -0.2) is 21.3 Å². The molecule has 0 aliphatic rings. The standard InChI is InChI=1S/C21H17N3O4/c1-13-7-6-10-16(11-13)20-23-22-17(27-20)12-26-21(25)18-14(2)28-24-19(18)15-8-4-3-5-9-15/h3-11H,12H2,1-2H3. The smallest absolute Gasteiger partial charge is 0.344 e. The molecule has 4 aromatic rings. The number of ether oxygens (including phenoxy) is 1. The fourth-order valence-electron chi connectivity index (χ4n) is 2.81. The van der Waals surface area contributed by atoms with Crippen molar-refractivity contribution in [3.8, 4) is 22.7 Å². The molecule has 0 radical (unpaired) electrons. The van der Waals surface area contributed by atoms with E-state index in [1.807, 2.05) is 61.5 Å². The van der Waals surface area contributed by atoms with Gasteiger partial charge in [-0.3, -0.25) is 0 Å². The van der Waals surface area contributed by atoms with E-state index in [2.05, 4.69) is 15.4 Å². The summed E-state index contributed by atoms with van der Waals surface area (Å²) in [6.45, 7) is 3.50. The second-order valence-corrected chi connectivity index (χ2v) is 6.27. The zero-order chi connectivity index (χ0) is 19.5. The van der Waals surface area contributed by atoms with Crippen LogP contribution in [0.5, 0.6) is 0 Å². The van der Waals surface area contributed by atoms with Crippen LogP contribution in [0.15, 0.2) is 63.5 Å². The molecule has 0 amide bonds. The average Bonchev–Trinajstić information content (AvgIpc) is 3.34. The van der Waals surface area contributed by atoms with Gasteiger partial charge in [0.2, 0.25) is 5.89 Å². The van der Waals surface area contributed by atoms with Gasteiger partial charge >= 0.3 is 5.97 Å². The second kappa shape index (κ2) is 7.48. The first kappa shape index (κ1) is 17.7. The number of carbonyl (C=O) groups excluding carboxylic acids is 1. The predicted molar refractivity (Wildman–Crippen MR) is 100 cm³/mol. The summed E-state index contributed by atoms with van der Waals surface area (Å²) in [6.07, 6.45) is 0. The molecule has 0 spiro atoms. The van der Waals surface area contributed by atoms with Crippen molar-refractivity contribution < 1.29 is 18.5 Å². The largest absolute Gasteiger partial charge is 0.452 e. The molecule has 0 saturated carbocycles. The minimum absolute atomic E-state index is 0.142. The summed E-state index contributed by atoms with van der Waals surface area (Å²) in [5, 5.41) is 11.9. The van der Waals surface area contributed by atoms with Gasteiger partial charge in [0.05, 0.1) is 0 Å². The fourth-order valence-corrected chi connectivity index (χ4v) is 2.81. The van der Waals surface area contributed by atoms with Crippen LogP contribution in [0.1, 0.15) is 27.6 Å². The molecule has 0 N–H and O–H groups in total. The van der Waals surface area contributed by atoms with Gasteiger partial charge in [-0.2, -0.15) is 0 Å². The summed E-state index contributed by atoms with van der Waals surface area (Å²) in [4.78, 5) is 12.6. The molecule has 0 aliphatic heterocycles. The number of aryl methyl sites for hydroxylation is 2. The van der Waals surface area contributed by atoms with Crippen molar-refractivity contribution in [2.24, 2.45) is 0 Å². The maximum Gasteiger partial charge on any atom is 0.344 e. The summed E-state index contributed by atoms with van der Waals surface area (Å²) in [7, 11) is 0. The minimum atomic E-state index is -0.562. The van der Waals surface area contributed by atoms with Gasteiger partial charge in [-0.1, -0.05) is 53.2 Å². The van der Waals surface area contributed by atoms with E-state index in [4.69, 9.17) is 13.7 Å². The van der Waals surface area contributed by atoms with Gasteiger partial charge in [-0.15, -0.1) is 10.2 Å². The van der Waals surface area contributed by atoms with Crippen LogP contribution < -0.4 is 0 Å². The third-order valence-corrected chi connectivity index (χ3v) is 4.17. The first-order valence-electron chi connectivity index (χ1n) is 8.70. The summed E-state index contributed by atoms with van der Waals surface area (Å²) in [6, 6.07) is 17.0. The fraction of sp³-hybridized carbons (Fsp3) is 0.143. The van der Waals surface area contributed by atoms with Gasteiger partial charge in [0, 0.05) is 11.1 Å². The minimum Gasteiger partial charge on any atom is -0.452 e. The second-order valence-electron chi connectivity index (χ2n) is 6.27. The third-order valence-electron chi connectivity index (χ3n) is 4.17. The van der Waals surface area contributed by atoms with Gasteiger partial charge in [0.1, 0.15) is 17.0 Å². The lowest BCUT2D eigenvalue weighted by molar-refractivity contribution is 0.0437. The number of rotatable bonds is 5. The van der Waals surface area contributed by atoms with Crippen molar-refractivity contribution in [2.75, 3.05) is 0 Å². The molecule has 0 saturated heterocycles. The third kappa shape index (κ3) is 3.55. The number of aromatic nitrogens is 3. The zero-order valence-corrected chi connectivity index (χ0v) is 15.4. The molecule has 140 valence electrons. The van der Waals surface area contributed by atoms with Crippen LogP contribution in [0.2, 0.25) is 0 Å². The van der Waals surface area contributed by atoms with E-state index in [1.165, 1.54) is 0 Å². The Morgan fingerprint density at radius 1 is 1.00 bits per heavy atom. The highest BCUT2D eigenvalue weighted by molar-refractivity contribution is 5.97. The van der Waals surface area contributed by atoms with Crippen LogP contribution in [0.3, 0.4) is 0 Å². The molecule has 4 rings (SSSR count). The molecule has 0 bridgehead atoms. The van der Waals surface area contributed by atoms with Crippen molar-refractivity contribution in [2.45, 2.75) is 20.5 Å². The Balaban J connectivity index is 1.50. The van der Waals surface area contributed by atoms with Gasteiger partial charge in [-0.25, -0.2) is 4.79 Å². The molecule has 2 heterocycles.